The number of aliphatic carboxylic acids is 1. The molecule has 23 heavy (non-hydrogen) atoms. The van der Waals surface area contributed by atoms with Crippen molar-refractivity contribution in [1.29, 1.82) is 0 Å². The zero-order valence-corrected chi connectivity index (χ0v) is 13.5. The summed E-state index contributed by atoms with van der Waals surface area (Å²) < 4.78 is 0. The number of rotatable bonds is 7. The van der Waals surface area contributed by atoms with E-state index in [1.54, 1.807) is 6.08 Å². The Hall–Kier alpha value is -2.10. The molecule has 1 aliphatic carbocycles. The van der Waals surface area contributed by atoms with E-state index in [9.17, 15) is 9.59 Å². The molecule has 2 rings (SSSR count). The Balaban J connectivity index is 1.90. The van der Waals surface area contributed by atoms with E-state index in [0.29, 0.717) is 38.8 Å². The summed E-state index contributed by atoms with van der Waals surface area (Å²) >= 11 is 0. The highest BCUT2D eigenvalue weighted by Crippen LogP contribution is 2.30. The normalized spacial score (nSPS) is 20.7. The van der Waals surface area contributed by atoms with Gasteiger partial charge in [-0.25, -0.2) is 0 Å². The summed E-state index contributed by atoms with van der Waals surface area (Å²) in [4.78, 5) is 25.6. The third kappa shape index (κ3) is 4.95. The molecule has 1 aliphatic rings. The van der Waals surface area contributed by atoms with E-state index in [2.05, 4.69) is 18.7 Å². The fourth-order valence-electron chi connectivity index (χ4n) is 3.20. The van der Waals surface area contributed by atoms with Crippen molar-refractivity contribution in [3.05, 3.63) is 48.6 Å². The molecule has 1 N–H and O–H groups in total. The maximum absolute atomic E-state index is 12.7. The minimum Gasteiger partial charge on any atom is -0.481 e. The molecule has 0 aliphatic heterocycles. The van der Waals surface area contributed by atoms with Crippen molar-refractivity contribution >= 4 is 11.9 Å². The molecular weight excluding hydrogens is 290 g/mol. The minimum atomic E-state index is -0.733. The molecule has 1 aromatic carbocycles. The van der Waals surface area contributed by atoms with Crippen LogP contribution in [0.2, 0.25) is 0 Å². The van der Waals surface area contributed by atoms with E-state index in [4.69, 9.17) is 5.11 Å². The summed E-state index contributed by atoms with van der Waals surface area (Å²) in [5, 5.41) is 9.06. The van der Waals surface area contributed by atoms with Gasteiger partial charge in [0.1, 0.15) is 0 Å². The second-order valence-corrected chi connectivity index (χ2v) is 6.20. The minimum absolute atomic E-state index is 0.0404. The average molecular weight is 315 g/mol. The maximum atomic E-state index is 12.7. The molecule has 1 fully saturated rings. The number of benzene rings is 1. The summed E-state index contributed by atoms with van der Waals surface area (Å²) in [6, 6.07) is 10.1. The van der Waals surface area contributed by atoms with Gasteiger partial charge in [0.15, 0.2) is 0 Å². The Morgan fingerprint density at radius 2 is 1.74 bits per heavy atom. The van der Waals surface area contributed by atoms with Gasteiger partial charge in [-0.2, -0.15) is 0 Å². The van der Waals surface area contributed by atoms with Gasteiger partial charge in [-0.15, -0.1) is 6.58 Å². The molecule has 124 valence electrons. The number of carbonyl (C=O) groups is 2. The number of carboxylic acids is 1. The van der Waals surface area contributed by atoms with Crippen molar-refractivity contribution in [2.75, 3.05) is 13.1 Å². The van der Waals surface area contributed by atoms with E-state index in [1.807, 2.05) is 23.1 Å². The molecule has 1 saturated carbocycles. The van der Waals surface area contributed by atoms with Crippen LogP contribution in [0.25, 0.3) is 0 Å². The number of amides is 1. The summed E-state index contributed by atoms with van der Waals surface area (Å²) in [5.41, 5.74) is 1.21. The van der Waals surface area contributed by atoms with Crippen LogP contribution in [0.4, 0.5) is 0 Å². The molecule has 4 nitrogen and oxygen atoms in total. The van der Waals surface area contributed by atoms with Crippen LogP contribution in [0.15, 0.2) is 43.0 Å². The molecule has 1 aromatic rings. The fourth-order valence-corrected chi connectivity index (χ4v) is 3.20. The molecule has 0 aromatic heterocycles. The Kier molecular flexibility index (Phi) is 6.39. The first-order chi connectivity index (χ1) is 11.1. The Bertz CT molecular complexity index is 533. The smallest absolute Gasteiger partial charge is 0.306 e. The standard InChI is InChI=1S/C19H25NO3/c1-2-13-20(14-12-15-6-4-3-5-7-15)18(21)16-8-10-17(11-9-16)19(22)23/h2-7,16-17H,1,8-14H2,(H,22,23). The van der Waals surface area contributed by atoms with Crippen molar-refractivity contribution in [3.63, 3.8) is 0 Å². The molecule has 1 amide bonds. The van der Waals surface area contributed by atoms with Crippen LogP contribution in [0, 0.1) is 11.8 Å². The summed E-state index contributed by atoms with van der Waals surface area (Å²) in [5.74, 6) is -0.912. The van der Waals surface area contributed by atoms with Crippen LogP contribution in [0.1, 0.15) is 31.2 Å². The molecule has 0 spiro atoms. The lowest BCUT2D eigenvalue weighted by Crippen LogP contribution is -2.39. The van der Waals surface area contributed by atoms with E-state index in [0.717, 1.165) is 6.42 Å². The number of hydrogen-bond donors (Lipinski definition) is 1. The first kappa shape index (κ1) is 17.3. The van der Waals surface area contributed by atoms with Gasteiger partial charge in [-0.3, -0.25) is 9.59 Å². The van der Waals surface area contributed by atoms with Crippen molar-refractivity contribution in [2.24, 2.45) is 11.8 Å². The van der Waals surface area contributed by atoms with E-state index in [1.165, 1.54) is 5.56 Å². The van der Waals surface area contributed by atoms with Crippen molar-refractivity contribution in [3.8, 4) is 0 Å². The number of carbonyl (C=O) groups excluding carboxylic acids is 1. The molecule has 4 heteroatoms. The van der Waals surface area contributed by atoms with Crippen LogP contribution in [-0.4, -0.2) is 35.0 Å². The third-order valence-electron chi connectivity index (χ3n) is 4.60. The maximum Gasteiger partial charge on any atom is 0.306 e. The lowest BCUT2D eigenvalue weighted by molar-refractivity contribution is -0.145. The van der Waals surface area contributed by atoms with Crippen molar-refractivity contribution < 1.29 is 14.7 Å². The molecule has 0 radical (unpaired) electrons. The zero-order chi connectivity index (χ0) is 16.7. The Morgan fingerprint density at radius 1 is 1.13 bits per heavy atom. The monoisotopic (exact) mass is 315 g/mol. The van der Waals surface area contributed by atoms with Crippen LogP contribution < -0.4 is 0 Å². The van der Waals surface area contributed by atoms with Gasteiger partial charge in [-0.05, 0) is 37.7 Å². The number of nitrogens with zero attached hydrogens (tertiary/aromatic N) is 1. The largest absolute Gasteiger partial charge is 0.481 e. The van der Waals surface area contributed by atoms with Gasteiger partial charge >= 0.3 is 5.97 Å². The van der Waals surface area contributed by atoms with Gasteiger partial charge < -0.3 is 10.0 Å². The summed E-state index contributed by atoms with van der Waals surface area (Å²) in [6.07, 6.45) is 5.14. The summed E-state index contributed by atoms with van der Waals surface area (Å²) in [7, 11) is 0. The first-order valence-corrected chi connectivity index (χ1v) is 8.28. The van der Waals surface area contributed by atoms with Crippen molar-refractivity contribution in [2.45, 2.75) is 32.1 Å². The molecule has 0 unspecified atom stereocenters. The van der Waals surface area contributed by atoms with Gasteiger partial charge in [0.25, 0.3) is 0 Å². The quantitative estimate of drug-likeness (QED) is 0.786. The Labute approximate surface area is 137 Å². The number of hydrogen-bond acceptors (Lipinski definition) is 2. The molecular formula is C19H25NO3. The third-order valence-corrected chi connectivity index (χ3v) is 4.60. The molecule has 0 atom stereocenters. The average Bonchev–Trinajstić information content (AvgIpc) is 2.59. The number of carboxylic acid groups (broad SMARTS) is 1. The van der Waals surface area contributed by atoms with E-state index >= 15 is 0 Å². The predicted molar refractivity (Wildman–Crippen MR) is 90.0 cm³/mol. The SMILES string of the molecule is C=CCN(CCc1ccccc1)C(=O)C1CCC(C(=O)O)CC1. The highest BCUT2D eigenvalue weighted by molar-refractivity contribution is 5.79. The van der Waals surface area contributed by atoms with Crippen LogP contribution in [0.3, 0.4) is 0 Å². The molecule has 0 heterocycles. The van der Waals surface area contributed by atoms with Gasteiger partial charge in [0, 0.05) is 19.0 Å². The topological polar surface area (TPSA) is 57.6 Å². The van der Waals surface area contributed by atoms with Crippen LogP contribution in [0.5, 0.6) is 0 Å². The molecule has 0 saturated heterocycles. The highest BCUT2D eigenvalue weighted by atomic mass is 16.4. The van der Waals surface area contributed by atoms with Gasteiger partial charge in [0.05, 0.1) is 5.92 Å². The van der Waals surface area contributed by atoms with Gasteiger partial charge in [-0.1, -0.05) is 36.4 Å². The van der Waals surface area contributed by atoms with Gasteiger partial charge in [0.2, 0.25) is 5.91 Å². The highest BCUT2D eigenvalue weighted by Gasteiger charge is 2.31. The van der Waals surface area contributed by atoms with Crippen molar-refractivity contribution in [1.82, 2.24) is 4.90 Å². The second kappa shape index (κ2) is 8.51. The lowest BCUT2D eigenvalue weighted by atomic mass is 9.81. The van der Waals surface area contributed by atoms with Crippen LogP contribution >= 0.6 is 0 Å². The Morgan fingerprint density at radius 3 is 2.30 bits per heavy atom. The van der Waals surface area contributed by atoms with E-state index < -0.39 is 5.97 Å². The fraction of sp³-hybridized carbons (Fsp3) is 0.474. The second-order valence-electron chi connectivity index (χ2n) is 6.20. The van der Waals surface area contributed by atoms with E-state index in [-0.39, 0.29) is 17.7 Å². The predicted octanol–water partition coefficient (Wildman–Crippen LogP) is 3.13. The lowest BCUT2D eigenvalue weighted by Gasteiger charge is -2.30. The first-order valence-electron chi connectivity index (χ1n) is 8.28. The van der Waals surface area contributed by atoms with Crippen LogP contribution in [-0.2, 0) is 16.0 Å². The summed E-state index contributed by atoms with van der Waals surface area (Å²) in [6.45, 7) is 4.97. The zero-order valence-electron chi connectivity index (χ0n) is 13.5. The molecule has 0 bridgehead atoms.